The first kappa shape index (κ1) is 20.9. The number of ether oxygens (including phenoxy) is 1. The highest BCUT2D eigenvalue weighted by Gasteiger charge is 2.09. The molecular formula is C15H20Cl2IN5O. The van der Waals surface area contributed by atoms with E-state index in [1.807, 2.05) is 29.8 Å². The summed E-state index contributed by atoms with van der Waals surface area (Å²) in [5.41, 5.74) is 0.967. The number of aromatic nitrogens is 2. The van der Waals surface area contributed by atoms with Crippen molar-refractivity contribution in [2.24, 2.45) is 12.0 Å². The molecule has 2 N–H and O–H groups in total. The van der Waals surface area contributed by atoms with Crippen LogP contribution in [0.1, 0.15) is 5.69 Å². The molecule has 2 heterocycles. The van der Waals surface area contributed by atoms with E-state index in [0.29, 0.717) is 35.8 Å². The summed E-state index contributed by atoms with van der Waals surface area (Å²) in [6.45, 7) is 1.68. The lowest BCUT2D eigenvalue weighted by Crippen LogP contribution is -2.39. The van der Waals surface area contributed by atoms with Crippen molar-refractivity contribution in [1.82, 2.24) is 20.2 Å². The van der Waals surface area contributed by atoms with Crippen molar-refractivity contribution in [2.45, 2.75) is 6.54 Å². The molecule has 2 aromatic heterocycles. The van der Waals surface area contributed by atoms with E-state index in [9.17, 15) is 0 Å². The maximum absolute atomic E-state index is 6.04. The van der Waals surface area contributed by atoms with Crippen LogP contribution in [0.2, 0.25) is 10.2 Å². The summed E-state index contributed by atoms with van der Waals surface area (Å²) < 4.78 is 7.38. The van der Waals surface area contributed by atoms with Crippen LogP contribution in [0.5, 0.6) is 5.75 Å². The van der Waals surface area contributed by atoms with E-state index in [-0.39, 0.29) is 24.0 Å². The fourth-order valence-electron chi connectivity index (χ4n) is 1.92. The van der Waals surface area contributed by atoms with E-state index in [4.69, 9.17) is 27.9 Å². The van der Waals surface area contributed by atoms with Gasteiger partial charge in [-0.15, -0.1) is 24.0 Å². The molecule has 0 spiro atoms. The van der Waals surface area contributed by atoms with Gasteiger partial charge in [-0.3, -0.25) is 9.98 Å². The topological polar surface area (TPSA) is 63.5 Å². The molecule has 24 heavy (non-hydrogen) atoms. The Hall–Kier alpha value is -1.19. The second kappa shape index (κ2) is 10.6. The molecule has 0 bridgehead atoms. The quantitative estimate of drug-likeness (QED) is 0.287. The molecule has 0 amide bonds. The zero-order chi connectivity index (χ0) is 16.7. The molecule has 0 saturated carbocycles. The normalized spacial score (nSPS) is 10.9. The third kappa shape index (κ3) is 6.03. The molecule has 0 saturated heterocycles. The Morgan fingerprint density at radius 1 is 1.38 bits per heavy atom. The summed E-state index contributed by atoms with van der Waals surface area (Å²) >= 11 is 12.0. The fourth-order valence-corrected chi connectivity index (χ4v) is 2.34. The van der Waals surface area contributed by atoms with Crippen LogP contribution in [0.25, 0.3) is 0 Å². The van der Waals surface area contributed by atoms with Crippen LogP contribution in [0.4, 0.5) is 0 Å². The van der Waals surface area contributed by atoms with Gasteiger partial charge in [0, 0.05) is 26.0 Å². The molecule has 2 aromatic rings. The van der Waals surface area contributed by atoms with Crippen LogP contribution >= 0.6 is 47.2 Å². The largest absolute Gasteiger partial charge is 0.490 e. The highest BCUT2D eigenvalue weighted by molar-refractivity contribution is 14.0. The van der Waals surface area contributed by atoms with Crippen LogP contribution in [0.3, 0.4) is 0 Å². The van der Waals surface area contributed by atoms with Crippen molar-refractivity contribution in [2.75, 3.05) is 20.2 Å². The number of halogens is 3. The van der Waals surface area contributed by atoms with Crippen molar-refractivity contribution < 1.29 is 4.74 Å². The van der Waals surface area contributed by atoms with Gasteiger partial charge in [0.15, 0.2) is 5.96 Å². The minimum Gasteiger partial charge on any atom is -0.490 e. The van der Waals surface area contributed by atoms with Crippen molar-refractivity contribution >= 4 is 53.1 Å². The summed E-state index contributed by atoms with van der Waals surface area (Å²) in [7, 11) is 3.57. The number of hydrogen-bond acceptors (Lipinski definition) is 3. The highest BCUT2D eigenvalue weighted by Crippen LogP contribution is 2.24. The van der Waals surface area contributed by atoms with Gasteiger partial charge in [-0.05, 0) is 18.2 Å². The van der Waals surface area contributed by atoms with Crippen LogP contribution in [0, 0.1) is 0 Å². The zero-order valence-corrected chi connectivity index (χ0v) is 17.3. The number of nitrogens with zero attached hydrogens (tertiary/aromatic N) is 3. The van der Waals surface area contributed by atoms with Gasteiger partial charge < -0.3 is 19.9 Å². The molecule has 6 nitrogen and oxygen atoms in total. The van der Waals surface area contributed by atoms with Crippen LogP contribution in [0.15, 0.2) is 35.6 Å². The lowest BCUT2D eigenvalue weighted by atomic mass is 10.4. The lowest BCUT2D eigenvalue weighted by Gasteiger charge is -2.13. The van der Waals surface area contributed by atoms with Crippen LogP contribution in [-0.4, -0.2) is 35.7 Å². The van der Waals surface area contributed by atoms with Crippen molar-refractivity contribution in [3.8, 4) is 5.75 Å². The van der Waals surface area contributed by atoms with Crippen molar-refractivity contribution in [3.05, 3.63) is 46.5 Å². The van der Waals surface area contributed by atoms with E-state index < -0.39 is 0 Å². The molecule has 0 atom stereocenters. The van der Waals surface area contributed by atoms with Crippen molar-refractivity contribution in [3.63, 3.8) is 0 Å². The molecule has 2 rings (SSSR count). The molecule has 0 aliphatic carbocycles. The van der Waals surface area contributed by atoms with Gasteiger partial charge in [0.1, 0.15) is 17.5 Å². The van der Waals surface area contributed by atoms with Crippen molar-refractivity contribution in [1.29, 1.82) is 0 Å². The number of nitrogens with one attached hydrogen (secondary N) is 2. The molecule has 0 fully saturated rings. The van der Waals surface area contributed by atoms with E-state index in [1.165, 1.54) is 0 Å². The molecular weight excluding hydrogens is 464 g/mol. The number of aliphatic imine (C=N–C) groups is 1. The number of hydrogen-bond donors (Lipinski definition) is 2. The SMILES string of the molecule is CN=C(NCCOc1cccnc1)NCc1cc(Cl)c(Cl)n1C.I. The van der Waals surface area contributed by atoms with Gasteiger partial charge in [-0.2, -0.15) is 0 Å². The fraction of sp³-hybridized carbons (Fsp3) is 0.333. The Kier molecular flexibility index (Phi) is 9.24. The van der Waals surface area contributed by atoms with Gasteiger partial charge in [0.2, 0.25) is 0 Å². The standard InChI is InChI=1S/C15H19Cl2N5O.HI/c1-18-15(20-6-7-23-12-4-3-5-19-10-12)21-9-11-8-13(16)14(17)22(11)2;/h3-5,8,10H,6-7,9H2,1-2H3,(H2,18,20,21);1H. The third-order valence-electron chi connectivity index (χ3n) is 3.17. The Morgan fingerprint density at radius 3 is 2.75 bits per heavy atom. The third-order valence-corrected chi connectivity index (χ3v) is 4.02. The first-order valence-electron chi connectivity index (χ1n) is 7.08. The smallest absolute Gasteiger partial charge is 0.191 e. The number of pyridine rings is 1. The van der Waals surface area contributed by atoms with E-state index in [0.717, 1.165) is 11.4 Å². The summed E-state index contributed by atoms with van der Waals surface area (Å²) in [6, 6.07) is 5.53. The van der Waals surface area contributed by atoms with E-state index in [2.05, 4.69) is 20.6 Å². The average molecular weight is 484 g/mol. The molecule has 132 valence electrons. The second-order valence-corrected chi connectivity index (χ2v) is 5.49. The van der Waals surface area contributed by atoms with E-state index in [1.54, 1.807) is 19.4 Å². The molecule has 0 radical (unpaired) electrons. The zero-order valence-electron chi connectivity index (χ0n) is 13.4. The average Bonchev–Trinajstić information content (AvgIpc) is 2.82. The molecule has 0 aromatic carbocycles. The van der Waals surface area contributed by atoms with Crippen LogP contribution in [-0.2, 0) is 13.6 Å². The highest BCUT2D eigenvalue weighted by atomic mass is 127. The predicted molar refractivity (Wildman–Crippen MR) is 109 cm³/mol. The maximum Gasteiger partial charge on any atom is 0.191 e. The van der Waals surface area contributed by atoms with E-state index >= 15 is 0 Å². The maximum atomic E-state index is 6.04. The number of rotatable bonds is 6. The first-order chi connectivity index (χ1) is 11.1. The summed E-state index contributed by atoms with van der Waals surface area (Å²) in [5.74, 6) is 1.42. The van der Waals surface area contributed by atoms with Gasteiger partial charge in [-0.1, -0.05) is 23.2 Å². The monoisotopic (exact) mass is 483 g/mol. The van der Waals surface area contributed by atoms with Gasteiger partial charge in [0.05, 0.1) is 24.3 Å². The second-order valence-electron chi connectivity index (χ2n) is 4.72. The lowest BCUT2D eigenvalue weighted by molar-refractivity contribution is 0.320. The van der Waals surface area contributed by atoms with Gasteiger partial charge in [-0.25, -0.2) is 0 Å². The first-order valence-corrected chi connectivity index (χ1v) is 7.84. The molecule has 0 aliphatic rings. The van der Waals surface area contributed by atoms with Gasteiger partial charge >= 0.3 is 0 Å². The Morgan fingerprint density at radius 2 is 2.17 bits per heavy atom. The Labute approximate surface area is 168 Å². The molecule has 0 aliphatic heterocycles. The van der Waals surface area contributed by atoms with Gasteiger partial charge in [0.25, 0.3) is 0 Å². The molecule has 9 heteroatoms. The summed E-state index contributed by atoms with van der Waals surface area (Å²) in [4.78, 5) is 8.15. The minimum absolute atomic E-state index is 0. The Balaban J connectivity index is 0.00000288. The number of guanidine groups is 1. The minimum atomic E-state index is 0. The Bertz CT molecular complexity index is 663. The molecule has 0 unspecified atom stereocenters. The predicted octanol–water partition coefficient (Wildman–Crippen LogP) is 3.09. The summed E-state index contributed by atoms with van der Waals surface area (Å²) in [5, 5.41) is 7.43. The summed E-state index contributed by atoms with van der Waals surface area (Å²) in [6.07, 6.45) is 3.38. The van der Waals surface area contributed by atoms with Crippen LogP contribution < -0.4 is 15.4 Å².